The van der Waals surface area contributed by atoms with E-state index in [-0.39, 0.29) is 12.5 Å². The van der Waals surface area contributed by atoms with Crippen LogP contribution in [-0.2, 0) is 27.6 Å². The van der Waals surface area contributed by atoms with Crippen molar-refractivity contribution < 1.29 is 27.6 Å². The molecular weight excluding hydrogens is 249 g/mol. The van der Waals surface area contributed by atoms with Gasteiger partial charge in [-0.2, -0.15) is 0 Å². The number of hydrogen-bond donors (Lipinski definition) is 0. The van der Waals surface area contributed by atoms with Crippen LogP contribution in [0.3, 0.4) is 0 Å². The van der Waals surface area contributed by atoms with Gasteiger partial charge < -0.3 is 0 Å². The summed E-state index contributed by atoms with van der Waals surface area (Å²) in [5.41, 5.74) is 0. The molecule has 0 aromatic rings. The van der Waals surface area contributed by atoms with Gasteiger partial charge in [0.2, 0.25) is 0 Å². The zero-order valence-electron chi connectivity index (χ0n) is 10.1. The van der Waals surface area contributed by atoms with E-state index in [0.29, 0.717) is 32.7 Å². The van der Waals surface area contributed by atoms with Crippen LogP contribution in [0.25, 0.3) is 0 Å². The van der Waals surface area contributed by atoms with Crippen LogP contribution in [0.1, 0.15) is 0 Å². The van der Waals surface area contributed by atoms with E-state index >= 15 is 0 Å². The van der Waals surface area contributed by atoms with Crippen molar-refractivity contribution in [3.8, 4) is 0 Å². The van der Waals surface area contributed by atoms with E-state index in [1.54, 1.807) is 11.9 Å². The maximum absolute atomic E-state index is 11.2. The Bertz CT molecular complexity index is 276. The molecule has 0 bridgehead atoms. The van der Waals surface area contributed by atoms with Gasteiger partial charge in [-0.3, -0.25) is 0 Å². The van der Waals surface area contributed by atoms with Crippen LogP contribution in [-0.4, -0.2) is 64.3 Å². The number of carbonyl (C=O) groups excluding carboxylic acids is 1. The van der Waals surface area contributed by atoms with Crippen LogP contribution in [0, 0.1) is 0 Å². The molecule has 7 nitrogen and oxygen atoms in total. The van der Waals surface area contributed by atoms with Gasteiger partial charge in [-0.1, -0.05) is 0 Å². The summed E-state index contributed by atoms with van der Waals surface area (Å²) in [6.45, 7) is 2.00. The molecule has 2 fully saturated rings. The van der Waals surface area contributed by atoms with E-state index in [0.717, 1.165) is 0 Å². The van der Waals surface area contributed by atoms with Crippen LogP contribution in [0.2, 0.25) is 0 Å². The van der Waals surface area contributed by atoms with Crippen molar-refractivity contribution in [3.05, 3.63) is 0 Å². The molecule has 2 saturated heterocycles. The van der Waals surface area contributed by atoms with Crippen molar-refractivity contribution >= 4 is 13.5 Å². The van der Waals surface area contributed by atoms with E-state index in [9.17, 15) is 4.79 Å². The fourth-order valence-corrected chi connectivity index (χ4v) is 5.34. The monoisotopic (exact) mass is 267 g/mol. The Kier molecular flexibility index (Phi) is 3.68. The summed E-state index contributed by atoms with van der Waals surface area (Å²) >= 11 is 0. The van der Waals surface area contributed by atoms with Gasteiger partial charge in [0.1, 0.15) is 0 Å². The quantitative estimate of drug-likeness (QED) is 0.538. The zero-order chi connectivity index (χ0) is 12.4. The average molecular weight is 267 g/mol. The molecule has 0 radical (unpaired) electrons. The molecule has 0 unspecified atom stereocenters. The number of ether oxygens (including phenoxy) is 1. The molecular formula is C9H18NO6P. The minimum atomic E-state index is -3.42. The fraction of sp³-hybridized carbons (Fsp3) is 0.889. The van der Waals surface area contributed by atoms with Gasteiger partial charge in [-0.05, 0) is 0 Å². The molecule has 2 rings (SSSR count). The molecule has 100 valence electrons. The summed E-state index contributed by atoms with van der Waals surface area (Å²) in [5, 5.41) is 0. The Hall–Kier alpha value is -0.300. The molecule has 1 spiro atoms. The number of carbonyl (C=O) groups is 1. The number of nitrogens with zero attached hydrogens (tertiary/aromatic N) is 1. The SMILES string of the molecule is COC(=O)CN(C)CP12(OCCO1)OCCO2. The van der Waals surface area contributed by atoms with Crippen LogP contribution in [0.4, 0.5) is 0 Å². The average Bonchev–Trinajstić information content (AvgIpc) is 2.88. The molecule has 0 saturated carbocycles. The van der Waals surface area contributed by atoms with Gasteiger partial charge in [0, 0.05) is 0 Å². The Morgan fingerprint density at radius 1 is 1.18 bits per heavy atom. The van der Waals surface area contributed by atoms with E-state index in [2.05, 4.69) is 4.74 Å². The molecule has 2 aliphatic rings. The second kappa shape index (κ2) is 4.76. The van der Waals surface area contributed by atoms with Crippen molar-refractivity contribution in [3.63, 3.8) is 0 Å². The third-order valence-corrected chi connectivity index (χ3v) is 6.30. The summed E-state index contributed by atoms with van der Waals surface area (Å²) in [5.74, 6) is -0.317. The molecule has 8 heteroatoms. The summed E-state index contributed by atoms with van der Waals surface area (Å²) in [6, 6.07) is 0. The second-order valence-electron chi connectivity index (χ2n) is 4.03. The molecule has 0 aliphatic carbocycles. The van der Waals surface area contributed by atoms with Gasteiger partial charge in [0.25, 0.3) is 0 Å². The first-order valence-corrected chi connectivity index (χ1v) is 7.54. The summed E-state index contributed by atoms with van der Waals surface area (Å²) in [6.07, 6.45) is 0.320. The van der Waals surface area contributed by atoms with E-state index in [1.165, 1.54) is 7.11 Å². The second-order valence-corrected chi connectivity index (χ2v) is 7.27. The molecule has 2 heterocycles. The van der Waals surface area contributed by atoms with Crippen LogP contribution in [0.5, 0.6) is 0 Å². The van der Waals surface area contributed by atoms with Crippen molar-refractivity contribution in [2.75, 3.05) is 53.4 Å². The number of rotatable bonds is 4. The van der Waals surface area contributed by atoms with Crippen molar-refractivity contribution in [1.29, 1.82) is 0 Å². The maximum atomic E-state index is 11.2. The summed E-state index contributed by atoms with van der Waals surface area (Å²) in [4.78, 5) is 12.9. The number of methoxy groups -OCH3 is 1. The standard InChI is InChI=1S/C9H18NO6P/c1-10(7-9(11)12-2)8-17(13-3-4-14-17)15-5-6-16-17/h3-8H2,1-2H3. The predicted octanol–water partition coefficient (Wildman–Crippen LogP) is 0.356. The molecule has 17 heavy (non-hydrogen) atoms. The normalized spacial score (nSPS) is 28.1. The van der Waals surface area contributed by atoms with E-state index < -0.39 is 7.51 Å². The van der Waals surface area contributed by atoms with Crippen LogP contribution < -0.4 is 0 Å². The molecule has 0 atom stereocenters. The van der Waals surface area contributed by atoms with E-state index in [4.69, 9.17) is 18.1 Å². The first-order valence-electron chi connectivity index (χ1n) is 5.45. The van der Waals surface area contributed by atoms with Gasteiger partial charge in [-0.15, -0.1) is 0 Å². The zero-order valence-corrected chi connectivity index (χ0v) is 11.0. The van der Waals surface area contributed by atoms with Crippen LogP contribution >= 0.6 is 7.51 Å². The van der Waals surface area contributed by atoms with Gasteiger partial charge in [0.05, 0.1) is 0 Å². The molecule has 0 amide bonds. The summed E-state index contributed by atoms with van der Waals surface area (Å²) < 4.78 is 27.2. The topological polar surface area (TPSA) is 66.5 Å². The summed E-state index contributed by atoms with van der Waals surface area (Å²) in [7, 11) is -0.293. The molecule has 0 aromatic heterocycles. The molecule has 0 aromatic carbocycles. The third-order valence-electron chi connectivity index (χ3n) is 2.63. The Balaban J connectivity index is 2.01. The number of esters is 1. The van der Waals surface area contributed by atoms with Crippen molar-refractivity contribution in [2.45, 2.75) is 0 Å². The first-order chi connectivity index (χ1) is 8.08. The predicted molar refractivity (Wildman–Crippen MR) is 60.2 cm³/mol. The molecule has 0 N–H and O–H groups in total. The third kappa shape index (κ3) is 2.59. The van der Waals surface area contributed by atoms with Crippen molar-refractivity contribution in [1.82, 2.24) is 4.90 Å². The van der Waals surface area contributed by atoms with Gasteiger partial charge >= 0.3 is 99.4 Å². The van der Waals surface area contributed by atoms with Crippen molar-refractivity contribution in [2.24, 2.45) is 0 Å². The Morgan fingerprint density at radius 2 is 1.65 bits per heavy atom. The Labute approximate surface area is 100 Å². The van der Waals surface area contributed by atoms with E-state index in [1.807, 2.05) is 0 Å². The van der Waals surface area contributed by atoms with Gasteiger partial charge in [-0.25, -0.2) is 0 Å². The number of hydrogen-bond acceptors (Lipinski definition) is 7. The van der Waals surface area contributed by atoms with Crippen LogP contribution in [0.15, 0.2) is 0 Å². The molecule has 2 aliphatic heterocycles. The number of likely N-dealkylation sites (N-methyl/N-ethyl adjacent to an activating group) is 1. The Morgan fingerprint density at radius 3 is 2.06 bits per heavy atom. The van der Waals surface area contributed by atoms with Gasteiger partial charge in [0.15, 0.2) is 0 Å². The fourth-order valence-electron chi connectivity index (χ4n) is 1.97. The first kappa shape index (κ1) is 13.1. The minimum absolute atomic E-state index is 0.147.